The van der Waals surface area contributed by atoms with E-state index in [0.29, 0.717) is 54.0 Å². The topological polar surface area (TPSA) is 125 Å². The SMILES string of the molecule is C=CC(=O)OCC1C(=O)OC2CC1C1CCCC21.O=C1CC2CC(O1)C1CCCC21.O=C1OC2CC(C1CO)C1CCCC21. The Morgan fingerprint density at radius 2 is 1.20 bits per heavy atom. The van der Waals surface area contributed by atoms with Gasteiger partial charge in [-0.25, -0.2) is 4.79 Å². The number of hydrogen-bond acceptors (Lipinski definition) is 9. The van der Waals surface area contributed by atoms with Crippen molar-refractivity contribution in [1.82, 2.24) is 0 Å². The van der Waals surface area contributed by atoms with Crippen molar-refractivity contribution >= 4 is 23.9 Å². The Hall–Kier alpha value is -2.42. The summed E-state index contributed by atoms with van der Waals surface area (Å²) in [5.74, 6) is 4.21. The van der Waals surface area contributed by atoms with Crippen LogP contribution in [0.15, 0.2) is 12.7 Å². The molecule has 3 saturated heterocycles. The molecule has 9 nitrogen and oxygen atoms in total. The first-order chi connectivity index (χ1) is 21.4. The van der Waals surface area contributed by atoms with Gasteiger partial charge in [0.2, 0.25) is 0 Å². The summed E-state index contributed by atoms with van der Waals surface area (Å²) in [6, 6.07) is 0. The lowest BCUT2D eigenvalue weighted by atomic mass is 9.82. The van der Waals surface area contributed by atoms with Gasteiger partial charge in [-0.2, -0.15) is 0 Å². The van der Waals surface area contributed by atoms with E-state index in [1.807, 2.05) is 0 Å². The zero-order chi connectivity index (χ0) is 30.5. The summed E-state index contributed by atoms with van der Waals surface area (Å²) in [4.78, 5) is 45.7. The maximum absolute atomic E-state index is 11.9. The average Bonchev–Trinajstić information content (AvgIpc) is 3.85. The Morgan fingerprint density at radius 3 is 1.80 bits per heavy atom. The van der Waals surface area contributed by atoms with Gasteiger partial charge in [-0.1, -0.05) is 25.8 Å². The Kier molecular flexibility index (Phi) is 8.53. The highest BCUT2D eigenvalue weighted by atomic mass is 16.6. The fourth-order valence-electron chi connectivity index (χ4n) is 11.4. The largest absolute Gasteiger partial charge is 0.462 e. The molecule has 6 aliphatic carbocycles. The summed E-state index contributed by atoms with van der Waals surface area (Å²) in [7, 11) is 0. The fraction of sp³-hybridized carbons (Fsp3) is 0.829. The molecule has 1 N–H and O–H groups in total. The first kappa shape index (κ1) is 30.2. The number of fused-ring (bicyclic) bond motifs is 15. The van der Waals surface area contributed by atoms with Gasteiger partial charge in [-0.05, 0) is 111 Å². The van der Waals surface area contributed by atoms with Crippen molar-refractivity contribution < 1.29 is 43.2 Å². The minimum Gasteiger partial charge on any atom is -0.462 e. The zero-order valence-electron chi connectivity index (χ0n) is 25.7. The standard InChI is InChI=1S/C14H18O4.C11H16O3.C10H14O2/c1-2-13(15)17-7-11-10-6-12(18-14(11)16)9-5-3-4-8(9)10;12-5-9-8-4-10(14-11(9)13)7-3-1-2-6(7)8;11-10-5-6-4-9(12-10)8-3-1-2-7(6)8/h2,8-12H,1,3-7H2;6-10,12H,1-5H2;6-9H,1-5H2. The molecular formula is C35H48O9. The van der Waals surface area contributed by atoms with E-state index in [9.17, 15) is 24.3 Å². The van der Waals surface area contributed by atoms with Crippen molar-refractivity contribution in [3.63, 3.8) is 0 Å². The van der Waals surface area contributed by atoms with Crippen LogP contribution in [0.5, 0.6) is 0 Å². The molecule has 6 bridgehead atoms. The lowest BCUT2D eigenvalue weighted by Crippen LogP contribution is -2.37. The van der Waals surface area contributed by atoms with E-state index in [0.717, 1.165) is 30.8 Å². The number of esters is 4. The molecule has 242 valence electrons. The van der Waals surface area contributed by atoms with Crippen LogP contribution in [0.25, 0.3) is 0 Å². The van der Waals surface area contributed by atoms with Crippen molar-refractivity contribution in [2.24, 2.45) is 65.1 Å². The number of aliphatic hydroxyl groups excluding tert-OH is 1. The van der Waals surface area contributed by atoms with Gasteiger partial charge in [0.05, 0.1) is 18.4 Å². The van der Waals surface area contributed by atoms with Gasteiger partial charge in [0.1, 0.15) is 24.9 Å². The van der Waals surface area contributed by atoms with Gasteiger partial charge in [0, 0.05) is 12.5 Å². The summed E-state index contributed by atoms with van der Waals surface area (Å²) < 4.78 is 21.3. The highest BCUT2D eigenvalue weighted by molar-refractivity contribution is 5.82. The summed E-state index contributed by atoms with van der Waals surface area (Å²) in [6.45, 7) is 3.47. The quantitative estimate of drug-likeness (QED) is 0.280. The second kappa shape index (κ2) is 12.4. The van der Waals surface area contributed by atoms with Crippen molar-refractivity contribution in [2.45, 2.75) is 102 Å². The van der Waals surface area contributed by atoms with Crippen molar-refractivity contribution in [3.8, 4) is 0 Å². The molecule has 6 saturated carbocycles. The molecular weight excluding hydrogens is 564 g/mol. The van der Waals surface area contributed by atoms with Crippen LogP contribution in [0.4, 0.5) is 0 Å². The molecule has 9 rings (SSSR count). The normalized spacial score (nSPS) is 46.6. The lowest BCUT2D eigenvalue weighted by Gasteiger charge is -2.29. The first-order valence-corrected chi connectivity index (χ1v) is 17.4. The third-order valence-corrected chi connectivity index (χ3v) is 13.2. The van der Waals surface area contributed by atoms with Crippen LogP contribution in [0.2, 0.25) is 0 Å². The van der Waals surface area contributed by atoms with E-state index >= 15 is 0 Å². The predicted octanol–water partition coefficient (Wildman–Crippen LogP) is 4.39. The second-order valence-corrected chi connectivity index (χ2v) is 15.0. The van der Waals surface area contributed by atoms with Crippen LogP contribution in [0.3, 0.4) is 0 Å². The third kappa shape index (κ3) is 5.39. The molecule has 9 aliphatic rings. The molecule has 0 radical (unpaired) electrons. The summed E-state index contributed by atoms with van der Waals surface area (Å²) in [5, 5.41) is 9.20. The molecule has 0 spiro atoms. The number of aliphatic hydroxyl groups is 1. The number of carbonyl (C=O) groups is 4. The van der Waals surface area contributed by atoms with Crippen LogP contribution in [-0.2, 0) is 38.1 Å². The van der Waals surface area contributed by atoms with E-state index in [2.05, 4.69) is 6.58 Å². The molecule has 9 fully saturated rings. The molecule has 9 heteroatoms. The molecule has 0 aromatic carbocycles. The van der Waals surface area contributed by atoms with Crippen LogP contribution in [0.1, 0.15) is 83.5 Å². The summed E-state index contributed by atoms with van der Waals surface area (Å²) in [6.07, 6.45) is 16.9. The van der Waals surface area contributed by atoms with Gasteiger partial charge < -0.3 is 24.1 Å². The smallest absolute Gasteiger partial charge is 0.330 e. The highest BCUT2D eigenvalue weighted by Gasteiger charge is 2.56. The molecule has 0 aromatic heterocycles. The predicted molar refractivity (Wildman–Crippen MR) is 156 cm³/mol. The third-order valence-electron chi connectivity index (χ3n) is 13.2. The molecule has 14 unspecified atom stereocenters. The first-order valence-electron chi connectivity index (χ1n) is 17.4. The number of hydrogen-bond donors (Lipinski definition) is 1. The number of rotatable bonds is 4. The lowest BCUT2D eigenvalue weighted by molar-refractivity contribution is -0.166. The van der Waals surface area contributed by atoms with Crippen molar-refractivity contribution in [1.29, 1.82) is 0 Å². The second-order valence-electron chi connectivity index (χ2n) is 15.0. The average molecular weight is 613 g/mol. The minimum atomic E-state index is -0.467. The molecule has 3 aliphatic heterocycles. The van der Waals surface area contributed by atoms with Crippen molar-refractivity contribution in [3.05, 3.63) is 12.7 Å². The maximum Gasteiger partial charge on any atom is 0.330 e. The van der Waals surface area contributed by atoms with Crippen molar-refractivity contribution in [2.75, 3.05) is 13.2 Å². The van der Waals surface area contributed by atoms with Gasteiger partial charge in [-0.15, -0.1) is 0 Å². The Balaban J connectivity index is 0.000000109. The van der Waals surface area contributed by atoms with E-state index in [1.54, 1.807) is 0 Å². The van der Waals surface area contributed by atoms with E-state index in [4.69, 9.17) is 18.9 Å². The van der Waals surface area contributed by atoms with E-state index < -0.39 is 5.97 Å². The zero-order valence-corrected chi connectivity index (χ0v) is 25.7. The molecule has 14 atom stereocenters. The summed E-state index contributed by atoms with van der Waals surface area (Å²) in [5.41, 5.74) is 0. The number of ether oxygens (including phenoxy) is 4. The van der Waals surface area contributed by atoms with Crippen LogP contribution < -0.4 is 0 Å². The molecule has 0 amide bonds. The molecule has 3 heterocycles. The fourth-order valence-corrected chi connectivity index (χ4v) is 11.4. The monoisotopic (exact) mass is 612 g/mol. The van der Waals surface area contributed by atoms with Gasteiger partial charge in [-0.3, -0.25) is 14.4 Å². The van der Waals surface area contributed by atoms with Gasteiger partial charge in [0.15, 0.2) is 0 Å². The van der Waals surface area contributed by atoms with Crippen LogP contribution in [0, 0.1) is 65.1 Å². The number of carbonyl (C=O) groups excluding carboxylic acids is 4. The maximum atomic E-state index is 11.9. The Morgan fingerprint density at radius 1 is 0.705 bits per heavy atom. The summed E-state index contributed by atoms with van der Waals surface area (Å²) >= 11 is 0. The van der Waals surface area contributed by atoms with Crippen LogP contribution >= 0.6 is 0 Å². The minimum absolute atomic E-state index is 0.0283. The van der Waals surface area contributed by atoms with Gasteiger partial charge >= 0.3 is 23.9 Å². The van der Waals surface area contributed by atoms with E-state index in [-0.39, 0.29) is 55.2 Å². The van der Waals surface area contributed by atoms with Crippen LogP contribution in [-0.4, -0.2) is 60.5 Å². The molecule has 0 aromatic rings. The highest BCUT2D eigenvalue weighted by Crippen LogP contribution is 2.56. The van der Waals surface area contributed by atoms with E-state index in [1.165, 1.54) is 64.2 Å². The Bertz CT molecular complexity index is 1130. The van der Waals surface area contributed by atoms with Gasteiger partial charge in [0.25, 0.3) is 0 Å². The molecule has 44 heavy (non-hydrogen) atoms. The Labute approximate surface area is 259 Å².